The summed E-state index contributed by atoms with van der Waals surface area (Å²) in [4.78, 5) is 14.6. The standard InChI is InChI=1S/C14H19FN2O3/c1-10(12-3-2-11(18)8-13(12)15)17-6-4-16(5-7-17)9-14(19)20/h2-3,8,10,18H,4-7,9H2,1H3,(H,19,20). The minimum atomic E-state index is -0.823. The van der Waals surface area contributed by atoms with Crippen LogP contribution >= 0.6 is 0 Å². The molecule has 1 unspecified atom stereocenters. The van der Waals surface area contributed by atoms with Crippen LogP contribution in [0, 0.1) is 5.82 Å². The zero-order chi connectivity index (χ0) is 14.7. The Morgan fingerprint density at radius 2 is 2.00 bits per heavy atom. The zero-order valence-corrected chi connectivity index (χ0v) is 11.4. The highest BCUT2D eigenvalue weighted by molar-refractivity contribution is 5.69. The molecule has 2 N–H and O–H groups in total. The van der Waals surface area contributed by atoms with Crippen molar-refractivity contribution in [2.75, 3.05) is 32.7 Å². The van der Waals surface area contributed by atoms with Crippen molar-refractivity contribution in [3.8, 4) is 5.75 Å². The van der Waals surface area contributed by atoms with E-state index in [1.165, 1.54) is 6.07 Å². The van der Waals surface area contributed by atoms with E-state index in [2.05, 4.69) is 4.90 Å². The summed E-state index contributed by atoms with van der Waals surface area (Å²) in [5.41, 5.74) is 0.550. The van der Waals surface area contributed by atoms with Crippen molar-refractivity contribution >= 4 is 5.97 Å². The third-order valence-electron chi connectivity index (χ3n) is 3.75. The van der Waals surface area contributed by atoms with E-state index in [-0.39, 0.29) is 18.3 Å². The lowest BCUT2D eigenvalue weighted by atomic mass is 10.1. The molecule has 1 aromatic rings. The first kappa shape index (κ1) is 14.7. The molecule has 1 saturated heterocycles. The summed E-state index contributed by atoms with van der Waals surface area (Å²) in [6, 6.07) is 4.10. The van der Waals surface area contributed by atoms with Gasteiger partial charge in [-0.25, -0.2) is 4.39 Å². The van der Waals surface area contributed by atoms with Gasteiger partial charge in [0.1, 0.15) is 11.6 Å². The van der Waals surface area contributed by atoms with E-state index >= 15 is 0 Å². The maximum atomic E-state index is 13.8. The predicted molar refractivity (Wildman–Crippen MR) is 72.1 cm³/mol. The van der Waals surface area contributed by atoms with Gasteiger partial charge in [-0.1, -0.05) is 6.07 Å². The fraction of sp³-hybridized carbons (Fsp3) is 0.500. The van der Waals surface area contributed by atoms with Crippen LogP contribution in [0.15, 0.2) is 18.2 Å². The molecule has 20 heavy (non-hydrogen) atoms. The van der Waals surface area contributed by atoms with Gasteiger partial charge in [0.15, 0.2) is 0 Å². The quantitative estimate of drug-likeness (QED) is 0.871. The number of carbonyl (C=O) groups is 1. The van der Waals surface area contributed by atoms with Gasteiger partial charge in [0, 0.05) is 43.9 Å². The molecular formula is C14H19FN2O3. The number of benzene rings is 1. The van der Waals surface area contributed by atoms with Crippen LogP contribution in [0.3, 0.4) is 0 Å². The Morgan fingerprint density at radius 1 is 1.35 bits per heavy atom. The van der Waals surface area contributed by atoms with Gasteiger partial charge in [0.2, 0.25) is 0 Å². The van der Waals surface area contributed by atoms with Crippen molar-refractivity contribution in [2.45, 2.75) is 13.0 Å². The second-order valence-corrected chi connectivity index (χ2v) is 5.09. The number of carboxylic acids is 1. The zero-order valence-electron chi connectivity index (χ0n) is 11.4. The second kappa shape index (κ2) is 6.19. The van der Waals surface area contributed by atoms with Crippen LogP contribution in [0.4, 0.5) is 4.39 Å². The lowest BCUT2D eigenvalue weighted by Crippen LogP contribution is -2.48. The first-order valence-electron chi connectivity index (χ1n) is 6.64. The maximum absolute atomic E-state index is 13.8. The topological polar surface area (TPSA) is 64.0 Å². The summed E-state index contributed by atoms with van der Waals surface area (Å²) in [7, 11) is 0. The average Bonchev–Trinajstić information content (AvgIpc) is 2.38. The number of aromatic hydroxyl groups is 1. The predicted octanol–water partition coefficient (Wildman–Crippen LogP) is 1.29. The summed E-state index contributed by atoms with van der Waals surface area (Å²) in [6.07, 6.45) is 0. The van der Waals surface area contributed by atoms with Crippen molar-refractivity contribution in [3.63, 3.8) is 0 Å². The van der Waals surface area contributed by atoms with Crippen LogP contribution < -0.4 is 0 Å². The molecule has 0 amide bonds. The van der Waals surface area contributed by atoms with Crippen LogP contribution in [0.5, 0.6) is 5.75 Å². The molecule has 1 heterocycles. The van der Waals surface area contributed by atoms with E-state index in [4.69, 9.17) is 5.11 Å². The summed E-state index contributed by atoms with van der Waals surface area (Å²) in [6.45, 7) is 4.70. The molecule has 1 aliphatic rings. The molecule has 0 aliphatic carbocycles. The van der Waals surface area contributed by atoms with Crippen molar-refractivity contribution in [2.24, 2.45) is 0 Å². The number of aliphatic carboxylic acids is 1. The molecule has 0 aromatic heterocycles. The van der Waals surface area contributed by atoms with Crippen molar-refractivity contribution in [3.05, 3.63) is 29.6 Å². The van der Waals surface area contributed by atoms with Crippen LogP contribution in [0.1, 0.15) is 18.5 Å². The van der Waals surface area contributed by atoms with Crippen LogP contribution in [0.25, 0.3) is 0 Å². The Balaban J connectivity index is 1.97. The minimum Gasteiger partial charge on any atom is -0.508 e. The first-order valence-corrected chi connectivity index (χ1v) is 6.64. The molecule has 6 heteroatoms. The Hall–Kier alpha value is -1.66. The number of carboxylic acid groups (broad SMARTS) is 1. The largest absolute Gasteiger partial charge is 0.508 e. The fourth-order valence-corrected chi connectivity index (χ4v) is 2.55. The van der Waals surface area contributed by atoms with E-state index < -0.39 is 11.8 Å². The van der Waals surface area contributed by atoms with Gasteiger partial charge in [-0.3, -0.25) is 14.6 Å². The van der Waals surface area contributed by atoms with E-state index in [0.29, 0.717) is 31.7 Å². The Labute approximate surface area is 117 Å². The van der Waals surface area contributed by atoms with E-state index in [9.17, 15) is 14.3 Å². The number of nitrogens with zero attached hydrogens (tertiary/aromatic N) is 2. The number of rotatable bonds is 4. The molecular weight excluding hydrogens is 263 g/mol. The lowest BCUT2D eigenvalue weighted by Gasteiger charge is -2.37. The Morgan fingerprint density at radius 3 is 2.55 bits per heavy atom. The van der Waals surface area contributed by atoms with Crippen molar-refractivity contribution in [1.29, 1.82) is 0 Å². The molecule has 0 bridgehead atoms. The smallest absolute Gasteiger partial charge is 0.317 e. The van der Waals surface area contributed by atoms with Crippen molar-refractivity contribution < 1.29 is 19.4 Å². The molecule has 1 atom stereocenters. The molecule has 110 valence electrons. The van der Waals surface area contributed by atoms with Gasteiger partial charge in [0.25, 0.3) is 0 Å². The third kappa shape index (κ3) is 3.46. The van der Waals surface area contributed by atoms with Gasteiger partial charge in [-0.15, -0.1) is 0 Å². The summed E-state index contributed by atoms with van der Waals surface area (Å²) in [5.74, 6) is -1.31. The van der Waals surface area contributed by atoms with Crippen molar-refractivity contribution in [1.82, 2.24) is 9.80 Å². The average molecular weight is 282 g/mol. The van der Waals surface area contributed by atoms with Gasteiger partial charge < -0.3 is 10.2 Å². The molecule has 1 aliphatic heterocycles. The fourth-order valence-electron chi connectivity index (χ4n) is 2.55. The van der Waals surface area contributed by atoms with Crippen LogP contribution in [0.2, 0.25) is 0 Å². The summed E-state index contributed by atoms with van der Waals surface area (Å²) in [5, 5.41) is 18.0. The number of hydrogen-bond donors (Lipinski definition) is 2. The maximum Gasteiger partial charge on any atom is 0.317 e. The number of phenols is 1. The van der Waals surface area contributed by atoms with Crippen LogP contribution in [-0.4, -0.2) is 58.7 Å². The Kier molecular flexibility index (Phi) is 4.57. The third-order valence-corrected chi connectivity index (χ3v) is 3.75. The second-order valence-electron chi connectivity index (χ2n) is 5.09. The van der Waals surface area contributed by atoms with E-state index in [1.54, 1.807) is 6.07 Å². The first-order chi connectivity index (χ1) is 9.47. The Bertz CT molecular complexity index is 487. The monoisotopic (exact) mass is 282 g/mol. The number of piperazine rings is 1. The summed E-state index contributed by atoms with van der Waals surface area (Å²) >= 11 is 0. The van der Waals surface area contributed by atoms with Gasteiger partial charge in [0.05, 0.1) is 6.54 Å². The lowest BCUT2D eigenvalue weighted by molar-refractivity contribution is -0.138. The number of halogens is 1. The molecule has 5 nitrogen and oxygen atoms in total. The molecule has 0 saturated carbocycles. The van der Waals surface area contributed by atoms with Crippen LogP contribution in [-0.2, 0) is 4.79 Å². The highest BCUT2D eigenvalue weighted by Crippen LogP contribution is 2.26. The summed E-state index contributed by atoms with van der Waals surface area (Å²) < 4.78 is 13.8. The highest BCUT2D eigenvalue weighted by atomic mass is 19.1. The van der Waals surface area contributed by atoms with E-state index in [0.717, 1.165) is 6.07 Å². The molecule has 2 rings (SSSR count). The molecule has 1 fully saturated rings. The van der Waals surface area contributed by atoms with Gasteiger partial charge >= 0.3 is 5.97 Å². The molecule has 1 aromatic carbocycles. The molecule has 0 radical (unpaired) electrons. The highest BCUT2D eigenvalue weighted by Gasteiger charge is 2.24. The number of hydrogen-bond acceptors (Lipinski definition) is 4. The van der Waals surface area contributed by atoms with Gasteiger partial charge in [-0.2, -0.15) is 0 Å². The SMILES string of the molecule is CC(c1ccc(O)cc1F)N1CCN(CC(=O)O)CC1. The normalized spacial score (nSPS) is 18.9. The number of phenolic OH excluding ortho intramolecular Hbond substituents is 1. The van der Waals surface area contributed by atoms with E-state index in [1.807, 2.05) is 11.8 Å². The van der Waals surface area contributed by atoms with Gasteiger partial charge in [-0.05, 0) is 13.0 Å². The minimum absolute atomic E-state index is 0.0514. The molecule has 0 spiro atoms.